The van der Waals surface area contributed by atoms with Crippen LogP contribution in [0.5, 0.6) is 5.75 Å². The quantitative estimate of drug-likeness (QED) is 0.406. The van der Waals surface area contributed by atoms with Gasteiger partial charge in [0.1, 0.15) is 5.75 Å². The van der Waals surface area contributed by atoms with E-state index in [4.69, 9.17) is 9.26 Å². The lowest BCUT2D eigenvalue weighted by molar-refractivity contribution is 0.329. The van der Waals surface area contributed by atoms with Crippen LogP contribution in [0.4, 0.5) is 5.69 Å². The average molecular weight is 457 g/mol. The number of nitrogens with one attached hydrogen (secondary N) is 1. The van der Waals surface area contributed by atoms with E-state index in [-0.39, 0.29) is 11.2 Å². The van der Waals surface area contributed by atoms with E-state index in [0.29, 0.717) is 18.5 Å². The zero-order valence-corrected chi connectivity index (χ0v) is 20.1. The predicted molar refractivity (Wildman–Crippen MR) is 125 cm³/mol. The van der Waals surface area contributed by atoms with Crippen LogP contribution in [-0.4, -0.2) is 32.0 Å². The Morgan fingerprint density at radius 3 is 2.72 bits per heavy atom. The van der Waals surface area contributed by atoms with Crippen LogP contribution in [0.25, 0.3) is 0 Å². The Kier molecular flexibility index (Phi) is 7.34. The molecule has 0 bridgehead atoms. The Morgan fingerprint density at radius 2 is 2.00 bits per heavy atom. The van der Waals surface area contributed by atoms with E-state index in [2.05, 4.69) is 51.0 Å². The van der Waals surface area contributed by atoms with Crippen LogP contribution in [-0.2, 0) is 6.54 Å². The molecule has 1 fully saturated rings. The Balaban J connectivity index is 1.54. The van der Waals surface area contributed by atoms with E-state index in [1.807, 2.05) is 24.3 Å². The van der Waals surface area contributed by atoms with Gasteiger partial charge in [-0.05, 0) is 31.9 Å². The van der Waals surface area contributed by atoms with Gasteiger partial charge < -0.3 is 19.1 Å². The van der Waals surface area contributed by atoms with Gasteiger partial charge in [0.2, 0.25) is 5.89 Å². The number of hydrogen-bond acceptors (Lipinski definition) is 8. The maximum atomic E-state index is 5.52. The summed E-state index contributed by atoms with van der Waals surface area (Å²) in [6, 6.07) is 8.36. The van der Waals surface area contributed by atoms with Crippen molar-refractivity contribution < 1.29 is 9.26 Å². The molecule has 8 nitrogen and oxygen atoms in total. The van der Waals surface area contributed by atoms with Crippen molar-refractivity contribution in [2.45, 2.75) is 81.8 Å². The summed E-state index contributed by atoms with van der Waals surface area (Å²) in [5, 5.41) is 17.6. The van der Waals surface area contributed by atoms with Gasteiger partial charge in [-0.1, -0.05) is 56.1 Å². The molecular formula is C23H32N6O2S. The summed E-state index contributed by atoms with van der Waals surface area (Å²) in [4.78, 5) is 4.57. The van der Waals surface area contributed by atoms with E-state index in [0.717, 1.165) is 41.1 Å². The van der Waals surface area contributed by atoms with Crippen molar-refractivity contribution in [3.63, 3.8) is 0 Å². The van der Waals surface area contributed by atoms with Crippen molar-refractivity contribution in [3.8, 4) is 5.75 Å². The second-order valence-electron chi connectivity index (χ2n) is 8.55. The summed E-state index contributed by atoms with van der Waals surface area (Å²) in [6.07, 6.45) is 6.10. The summed E-state index contributed by atoms with van der Waals surface area (Å²) in [7, 11) is 1.68. The normalized spacial score (nSPS) is 15.8. The van der Waals surface area contributed by atoms with Crippen molar-refractivity contribution in [2.75, 3.05) is 12.4 Å². The summed E-state index contributed by atoms with van der Waals surface area (Å²) in [6.45, 7) is 6.81. The molecule has 1 atom stereocenters. The van der Waals surface area contributed by atoms with Crippen molar-refractivity contribution in [3.05, 3.63) is 41.8 Å². The molecule has 1 aliphatic rings. The largest absolute Gasteiger partial charge is 0.497 e. The molecule has 1 unspecified atom stereocenters. The first-order valence-corrected chi connectivity index (χ1v) is 12.2. The monoisotopic (exact) mass is 456 g/mol. The van der Waals surface area contributed by atoms with Gasteiger partial charge in [-0.15, -0.1) is 10.2 Å². The number of benzene rings is 1. The number of anilines is 1. The Bertz CT molecular complexity index is 1010. The molecule has 9 heteroatoms. The SMILES string of the molecule is COc1cccc(NCc2nnc(SC(C)c3nc(C(C)C)no3)n2C2CCCCC2)c1. The molecule has 4 rings (SSSR count). The van der Waals surface area contributed by atoms with E-state index < -0.39 is 0 Å². The molecule has 0 amide bonds. The Labute approximate surface area is 193 Å². The maximum Gasteiger partial charge on any atom is 0.239 e. The third kappa shape index (κ3) is 5.26. The van der Waals surface area contributed by atoms with Gasteiger partial charge in [0.05, 0.1) is 18.9 Å². The first-order valence-electron chi connectivity index (χ1n) is 11.4. The summed E-state index contributed by atoms with van der Waals surface area (Å²) < 4.78 is 13.2. The summed E-state index contributed by atoms with van der Waals surface area (Å²) in [5.41, 5.74) is 0.997. The summed E-state index contributed by atoms with van der Waals surface area (Å²) in [5.74, 6) is 3.39. The molecule has 0 saturated heterocycles. The Hall–Kier alpha value is -2.55. The number of methoxy groups -OCH3 is 1. The molecule has 3 aromatic rings. The molecule has 0 spiro atoms. The number of aromatic nitrogens is 5. The second-order valence-corrected chi connectivity index (χ2v) is 9.86. The van der Waals surface area contributed by atoms with Crippen LogP contribution < -0.4 is 10.1 Å². The van der Waals surface area contributed by atoms with Gasteiger partial charge >= 0.3 is 0 Å². The van der Waals surface area contributed by atoms with E-state index in [1.165, 1.54) is 19.3 Å². The first kappa shape index (κ1) is 22.6. The van der Waals surface area contributed by atoms with E-state index >= 15 is 0 Å². The van der Waals surface area contributed by atoms with Crippen molar-refractivity contribution in [2.24, 2.45) is 0 Å². The number of hydrogen-bond donors (Lipinski definition) is 1. The number of thioether (sulfide) groups is 1. The van der Waals surface area contributed by atoms with Crippen LogP contribution in [0.3, 0.4) is 0 Å². The average Bonchev–Trinajstić information content (AvgIpc) is 3.46. The molecule has 1 aromatic carbocycles. The highest BCUT2D eigenvalue weighted by molar-refractivity contribution is 7.99. The van der Waals surface area contributed by atoms with Crippen LogP contribution in [0, 0.1) is 0 Å². The van der Waals surface area contributed by atoms with Gasteiger partial charge in [0.25, 0.3) is 0 Å². The van der Waals surface area contributed by atoms with Gasteiger partial charge in [-0.3, -0.25) is 0 Å². The topological polar surface area (TPSA) is 90.9 Å². The molecule has 1 aliphatic carbocycles. The first-order chi connectivity index (χ1) is 15.5. The standard InChI is InChI=1S/C23H32N6O2S/c1-15(2)21-25-22(31-28-21)16(3)32-23-27-26-20(29(23)18-10-6-5-7-11-18)14-24-17-9-8-12-19(13-17)30-4/h8-9,12-13,15-16,18,24H,5-7,10-11,14H2,1-4H3. The predicted octanol–water partition coefficient (Wildman–Crippen LogP) is 5.76. The van der Waals surface area contributed by atoms with Crippen LogP contribution in [0.15, 0.2) is 33.9 Å². The minimum atomic E-state index is 0.000680. The fourth-order valence-corrected chi connectivity index (χ4v) is 4.95. The number of nitrogens with zero attached hydrogens (tertiary/aromatic N) is 5. The van der Waals surface area contributed by atoms with E-state index in [1.54, 1.807) is 18.9 Å². The minimum Gasteiger partial charge on any atom is -0.497 e. The second kappa shape index (κ2) is 10.4. The van der Waals surface area contributed by atoms with Gasteiger partial charge in [0, 0.05) is 23.7 Å². The van der Waals surface area contributed by atoms with Gasteiger partial charge in [0.15, 0.2) is 16.8 Å². The third-order valence-corrected chi connectivity index (χ3v) is 6.84. The molecule has 172 valence electrons. The van der Waals surface area contributed by atoms with Crippen LogP contribution >= 0.6 is 11.8 Å². The molecule has 2 heterocycles. The van der Waals surface area contributed by atoms with Crippen LogP contribution in [0.1, 0.15) is 87.6 Å². The highest BCUT2D eigenvalue weighted by Gasteiger charge is 2.26. The van der Waals surface area contributed by atoms with Gasteiger partial charge in [-0.25, -0.2) is 0 Å². The highest BCUT2D eigenvalue weighted by atomic mass is 32.2. The zero-order chi connectivity index (χ0) is 22.5. The van der Waals surface area contributed by atoms with Gasteiger partial charge in [-0.2, -0.15) is 4.98 Å². The van der Waals surface area contributed by atoms with Crippen molar-refractivity contribution >= 4 is 17.4 Å². The maximum absolute atomic E-state index is 5.52. The third-order valence-electron chi connectivity index (χ3n) is 5.80. The lowest BCUT2D eigenvalue weighted by Crippen LogP contribution is -2.18. The number of ether oxygens (including phenoxy) is 1. The summed E-state index contributed by atoms with van der Waals surface area (Å²) >= 11 is 1.64. The zero-order valence-electron chi connectivity index (χ0n) is 19.2. The van der Waals surface area contributed by atoms with Crippen LogP contribution in [0.2, 0.25) is 0 Å². The molecule has 0 aliphatic heterocycles. The lowest BCUT2D eigenvalue weighted by atomic mass is 9.95. The molecule has 2 aromatic heterocycles. The fourth-order valence-electron chi connectivity index (χ4n) is 3.98. The molecular weight excluding hydrogens is 424 g/mol. The van der Waals surface area contributed by atoms with E-state index in [9.17, 15) is 0 Å². The fraction of sp³-hybridized carbons (Fsp3) is 0.565. The minimum absolute atomic E-state index is 0.000680. The number of rotatable bonds is 9. The lowest BCUT2D eigenvalue weighted by Gasteiger charge is -2.26. The molecule has 1 N–H and O–H groups in total. The Morgan fingerprint density at radius 1 is 1.19 bits per heavy atom. The highest BCUT2D eigenvalue weighted by Crippen LogP contribution is 2.38. The molecule has 1 saturated carbocycles. The molecule has 0 radical (unpaired) electrons. The van der Waals surface area contributed by atoms with Crippen molar-refractivity contribution in [1.82, 2.24) is 24.9 Å². The van der Waals surface area contributed by atoms with Crippen molar-refractivity contribution in [1.29, 1.82) is 0 Å². The smallest absolute Gasteiger partial charge is 0.239 e. The molecule has 32 heavy (non-hydrogen) atoms.